The molecular formula is C19H24S. The summed E-state index contributed by atoms with van der Waals surface area (Å²) >= 11 is 1.92. The van der Waals surface area contributed by atoms with Crippen molar-refractivity contribution in [3.05, 3.63) is 65.2 Å². The molecule has 0 fully saturated rings. The van der Waals surface area contributed by atoms with Crippen LogP contribution in [-0.4, -0.2) is 0 Å². The fourth-order valence-corrected chi connectivity index (χ4v) is 3.34. The van der Waals surface area contributed by atoms with Crippen LogP contribution in [0.15, 0.2) is 53.4 Å². The first-order valence-corrected chi connectivity index (χ1v) is 8.06. The van der Waals surface area contributed by atoms with E-state index in [0.717, 1.165) is 0 Å². The lowest BCUT2D eigenvalue weighted by Gasteiger charge is -2.25. The third-order valence-electron chi connectivity index (χ3n) is 3.67. The number of benzene rings is 2. The highest BCUT2D eigenvalue weighted by atomic mass is 32.2. The van der Waals surface area contributed by atoms with Gasteiger partial charge in [-0.25, -0.2) is 0 Å². The Labute approximate surface area is 127 Å². The van der Waals surface area contributed by atoms with Crippen LogP contribution in [0.1, 0.15) is 50.3 Å². The first-order chi connectivity index (χ1) is 9.38. The molecule has 106 valence electrons. The molecule has 20 heavy (non-hydrogen) atoms. The summed E-state index contributed by atoms with van der Waals surface area (Å²) in [7, 11) is 0. The molecule has 0 aromatic heterocycles. The normalized spacial score (nSPS) is 11.9. The van der Waals surface area contributed by atoms with E-state index in [1.54, 1.807) is 0 Å². The zero-order chi connectivity index (χ0) is 14.8. The second-order valence-corrected chi connectivity index (χ2v) is 7.90. The fraction of sp³-hybridized carbons (Fsp3) is 0.368. The lowest BCUT2D eigenvalue weighted by atomic mass is 9.97. The summed E-state index contributed by atoms with van der Waals surface area (Å²) < 4.78 is 0.0881. The first kappa shape index (κ1) is 15.2. The van der Waals surface area contributed by atoms with Crippen LogP contribution in [0.2, 0.25) is 0 Å². The second kappa shape index (κ2) is 6.05. The van der Waals surface area contributed by atoms with Gasteiger partial charge in [-0.1, -0.05) is 55.8 Å². The van der Waals surface area contributed by atoms with Crippen molar-refractivity contribution >= 4 is 11.8 Å². The molecule has 0 nitrogen and oxygen atoms in total. The molecule has 2 aromatic carbocycles. The first-order valence-electron chi connectivity index (χ1n) is 7.24. The van der Waals surface area contributed by atoms with Crippen molar-refractivity contribution in [1.82, 2.24) is 0 Å². The summed E-state index contributed by atoms with van der Waals surface area (Å²) in [5.74, 6) is 0.594. The van der Waals surface area contributed by atoms with Crippen LogP contribution in [0.25, 0.3) is 0 Å². The summed E-state index contributed by atoms with van der Waals surface area (Å²) in [6.45, 7) is 11.2. The highest BCUT2D eigenvalue weighted by molar-refractivity contribution is 8.00. The maximum absolute atomic E-state index is 2.29. The van der Waals surface area contributed by atoms with Crippen molar-refractivity contribution in [2.24, 2.45) is 0 Å². The molecule has 0 saturated heterocycles. The minimum Gasteiger partial charge on any atom is -0.115 e. The Hall–Kier alpha value is -1.21. The molecule has 0 heterocycles. The molecule has 0 atom stereocenters. The molecule has 2 rings (SSSR count). The molecule has 0 unspecified atom stereocenters. The average Bonchev–Trinajstić information content (AvgIpc) is 2.41. The number of hydrogen-bond donors (Lipinski definition) is 0. The number of aryl methyl sites for hydroxylation is 1. The van der Waals surface area contributed by atoms with Gasteiger partial charge in [0.1, 0.15) is 0 Å². The van der Waals surface area contributed by atoms with Gasteiger partial charge in [-0.2, -0.15) is 0 Å². The van der Waals surface area contributed by atoms with E-state index < -0.39 is 0 Å². The van der Waals surface area contributed by atoms with E-state index in [1.165, 1.54) is 21.6 Å². The van der Waals surface area contributed by atoms with Gasteiger partial charge < -0.3 is 0 Å². The Morgan fingerprint density at radius 3 is 1.90 bits per heavy atom. The molecule has 0 spiro atoms. The van der Waals surface area contributed by atoms with Gasteiger partial charge in [0.15, 0.2) is 0 Å². The zero-order valence-corrected chi connectivity index (χ0v) is 13.9. The van der Waals surface area contributed by atoms with E-state index >= 15 is 0 Å². The van der Waals surface area contributed by atoms with E-state index in [2.05, 4.69) is 83.1 Å². The smallest absolute Gasteiger partial charge is 0.0399 e. The van der Waals surface area contributed by atoms with Crippen LogP contribution in [0.5, 0.6) is 0 Å². The lowest BCUT2D eigenvalue weighted by molar-refractivity contribution is 0.778. The van der Waals surface area contributed by atoms with Gasteiger partial charge in [-0.3, -0.25) is 0 Å². The summed E-state index contributed by atoms with van der Waals surface area (Å²) in [5.41, 5.74) is 4.10. The summed E-state index contributed by atoms with van der Waals surface area (Å²) in [6.07, 6.45) is 0. The molecule has 0 bridgehead atoms. The Kier molecular flexibility index (Phi) is 4.59. The topological polar surface area (TPSA) is 0 Å². The zero-order valence-electron chi connectivity index (χ0n) is 13.1. The standard InChI is InChI=1S/C19H24S/c1-14(2)16-8-10-17(11-9-16)19(4,5)20-18-12-6-15(3)7-13-18/h6-14H,1-5H3. The van der Waals surface area contributed by atoms with Gasteiger partial charge in [0.05, 0.1) is 0 Å². The van der Waals surface area contributed by atoms with Crippen LogP contribution in [0, 0.1) is 6.92 Å². The van der Waals surface area contributed by atoms with Crippen molar-refractivity contribution in [1.29, 1.82) is 0 Å². The van der Waals surface area contributed by atoms with Crippen LogP contribution < -0.4 is 0 Å². The predicted molar refractivity (Wildman–Crippen MR) is 90.6 cm³/mol. The fourth-order valence-electron chi connectivity index (χ4n) is 2.23. The third kappa shape index (κ3) is 3.67. The lowest BCUT2D eigenvalue weighted by Crippen LogP contribution is -2.11. The van der Waals surface area contributed by atoms with Gasteiger partial charge in [0.2, 0.25) is 0 Å². The van der Waals surface area contributed by atoms with Crippen LogP contribution in [-0.2, 0) is 4.75 Å². The molecule has 0 saturated carbocycles. The maximum Gasteiger partial charge on any atom is 0.0399 e. The Balaban J connectivity index is 2.18. The SMILES string of the molecule is Cc1ccc(SC(C)(C)c2ccc(C(C)C)cc2)cc1. The Morgan fingerprint density at radius 2 is 1.40 bits per heavy atom. The molecule has 0 aliphatic rings. The van der Waals surface area contributed by atoms with Gasteiger partial charge in [-0.05, 0) is 49.9 Å². The maximum atomic E-state index is 2.29. The summed E-state index contributed by atoms with van der Waals surface area (Å²) in [6, 6.07) is 17.9. The van der Waals surface area contributed by atoms with Crippen molar-refractivity contribution in [2.75, 3.05) is 0 Å². The van der Waals surface area contributed by atoms with Crippen molar-refractivity contribution in [3.8, 4) is 0 Å². The molecule has 0 radical (unpaired) electrons. The predicted octanol–water partition coefficient (Wildman–Crippen LogP) is 6.15. The van der Waals surface area contributed by atoms with E-state index in [1.807, 2.05) is 11.8 Å². The minimum absolute atomic E-state index is 0.0881. The molecule has 0 N–H and O–H groups in total. The van der Waals surface area contributed by atoms with E-state index in [4.69, 9.17) is 0 Å². The molecule has 2 aromatic rings. The van der Waals surface area contributed by atoms with E-state index in [0.29, 0.717) is 5.92 Å². The van der Waals surface area contributed by atoms with Crippen LogP contribution in [0.4, 0.5) is 0 Å². The van der Waals surface area contributed by atoms with Crippen LogP contribution in [0.3, 0.4) is 0 Å². The molecule has 1 heteroatoms. The largest absolute Gasteiger partial charge is 0.115 e. The molecular weight excluding hydrogens is 260 g/mol. The van der Waals surface area contributed by atoms with Crippen LogP contribution >= 0.6 is 11.8 Å². The number of thioether (sulfide) groups is 1. The average molecular weight is 284 g/mol. The second-order valence-electron chi connectivity index (χ2n) is 6.20. The third-order valence-corrected chi connectivity index (χ3v) is 4.92. The van der Waals surface area contributed by atoms with Gasteiger partial charge >= 0.3 is 0 Å². The molecule has 0 aliphatic carbocycles. The molecule has 0 aliphatic heterocycles. The Morgan fingerprint density at radius 1 is 0.850 bits per heavy atom. The quantitative estimate of drug-likeness (QED) is 0.607. The number of hydrogen-bond acceptors (Lipinski definition) is 1. The summed E-state index contributed by atoms with van der Waals surface area (Å²) in [5, 5.41) is 0. The Bertz CT molecular complexity index is 547. The van der Waals surface area contributed by atoms with Gasteiger partial charge in [-0.15, -0.1) is 11.8 Å². The van der Waals surface area contributed by atoms with Gasteiger partial charge in [0.25, 0.3) is 0 Å². The van der Waals surface area contributed by atoms with Gasteiger partial charge in [0, 0.05) is 9.64 Å². The van der Waals surface area contributed by atoms with E-state index in [9.17, 15) is 0 Å². The highest BCUT2D eigenvalue weighted by Crippen LogP contribution is 2.41. The van der Waals surface area contributed by atoms with Crippen molar-refractivity contribution < 1.29 is 0 Å². The van der Waals surface area contributed by atoms with E-state index in [-0.39, 0.29) is 4.75 Å². The van der Waals surface area contributed by atoms with Crippen molar-refractivity contribution in [2.45, 2.75) is 50.2 Å². The summed E-state index contributed by atoms with van der Waals surface area (Å²) in [4.78, 5) is 1.33. The monoisotopic (exact) mass is 284 g/mol. The highest BCUT2D eigenvalue weighted by Gasteiger charge is 2.22. The minimum atomic E-state index is 0.0881. The van der Waals surface area contributed by atoms with Crippen molar-refractivity contribution in [3.63, 3.8) is 0 Å². The molecule has 0 amide bonds. The number of rotatable bonds is 4.